The Morgan fingerprint density at radius 3 is 1.61 bits per heavy atom. The quantitative estimate of drug-likeness (QED) is 0.123. The monoisotopic (exact) mass is 680 g/mol. The predicted octanol–water partition coefficient (Wildman–Crippen LogP) is 9.54. The van der Waals surface area contributed by atoms with Gasteiger partial charge in [0.1, 0.15) is 49.3 Å². The third-order valence-electron chi connectivity index (χ3n) is 8.79. The molecule has 0 saturated heterocycles. The predicted molar refractivity (Wildman–Crippen MR) is 195 cm³/mol. The van der Waals surface area contributed by atoms with Gasteiger partial charge in [0.2, 0.25) is 0 Å². The lowest BCUT2D eigenvalue weighted by molar-refractivity contribution is -0.128. The molecule has 7 nitrogen and oxygen atoms in total. The van der Waals surface area contributed by atoms with Gasteiger partial charge in [0.05, 0.1) is 12.2 Å². The van der Waals surface area contributed by atoms with E-state index in [1.165, 1.54) is 0 Å². The summed E-state index contributed by atoms with van der Waals surface area (Å²) in [4.78, 5) is 0. The minimum Gasteiger partial charge on any atom is -0.504 e. The first kappa shape index (κ1) is 33.7. The van der Waals surface area contributed by atoms with Gasteiger partial charge in [-0.2, -0.15) is 0 Å². The minimum absolute atomic E-state index is 0.0316. The summed E-state index contributed by atoms with van der Waals surface area (Å²) in [5.74, 6) is 2.10. The lowest BCUT2D eigenvalue weighted by atomic mass is 9.90. The third-order valence-corrected chi connectivity index (χ3v) is 8.79. The molecule has 6 aromatic rings. The van der Waals surface area contributed by atoms with E-state index in [1.807, 2.05) is 146 Å². The Kier molecular flexibility index (Phi) is 10.8. The van der Waals surface area contributed by atoms with Gasteiger partial charge in [-0.05, 0) is 39.9 Å². The van der Waals surface area contributed by atoms with E-state index in [-0.39, 0.29) is 5.75 Å². The van der Waals surface area contributed by atoms with E-state index in [9.17, 15) is 5.11 Å². The van der Waals surface area contributed by atoms with Gasteiger partial charge < -0.3 is 33.5 Å². The molecule has 1 N–H and O–H groups in total. The Morgan fingerprint density at radius 1 is 0.549 bits per heavy atom. The van der Waals surface area contributed by atoms with Crippen LogP contribution in [-0.4, -0.2) is 18.3 Å². The van der Waals surface area contributed by atoms with Crippen LogP contribution in [0.3, 0.4) is 0 Å². The Labute approximate surface area is 298 Å². The maximum Gasteiger partial charge on any atom is 0.161 e. The van der Waals surface area contributed by atoms with Crippen molar-refractivity contribution in [2.75, 3.05) is 7.11 Å². The molecular weight excluding hydrogens is 640 g/mol. The van der Waals surface area contributed by atoms with Gasteiger partial charge >= 0.3 is 0 Å². The molecule has 0 bridgehead atoms. The van der Waals surface area contributed by atoms with Crippen LogP contribution in [0.2, 0.25) is 0 Å². The van der Waals surface area contributed by atoms with Crippen molar-refractivity contribution in [2.45, 2.75) is 44.7 Å². The number of hydrogen-bond acceptors (Lipinski definition) is 7. The molecule has 0 aliphatic carbocycles. The highest BCUT2D eigenvalue weighted by Crippen LogP contribution is 2.51. The molecular formula is C44H40O7. The van der Waals surface area contributed by atoms with Gasteiger partial charge in [0.25, 0.3) is 0 Å². The first-order valence-electron chi connectivity index (χ1n) is 17.0. The molecule has 2 unspecified atom stereocenters. The molecule has 0 fully saturated rings. The highest BCUT2D eigenvalue weighted by molar-refractivity contribution is 5.55. The van der Waals surface area contributed by atoms with Crippen LogP contribution in [0.25, 0.3) is 0 Å². The molecule has 0 spiro atoms. The average molecular weight is 681 g/mol. The topological polar surface area (TPSA) is 75.6 Å². The molecule has 6 aromatic carbocycles. The fourth-order valence-corrected chi connectivity index (χ4v) is 6.17. The standard InChI is InChI=1S/C44H40O7/c1-46-43-41-39(49-29-33-18-10-4-11-19-33)25-36(47-27-31-14-6-2-7-15-31)26-40(41)51-42(44(43)50-30-34-20-12-5-13-21-34)35-22-23-37(45)38(24-35)48-28-32-16-8-3-9-17-32/h2-26,42-45H,27-30H2,1H3/t42?,43-,44?/m0/s1. The number of fused-ring (bicyclic) bond motifs is 1. The largest absolute Gasteiger partial charge is 0.504 e. The summed E-state index contributed by atoms with van der Waals surface area (Å²) >= 11 is 0. The summed E-state index contributed by atoms with van der Waals surface area (Å²) in [6.45, 7) is 1.34. The molecule has 258 valence electrons. The van der Waals surface area contributed by atoms with Crippen LogP contribution in [0.1, 0.15) is 45.6 Å². The van der Waals surface area contributed by atoms with E-state index in [1.54, 1.807) is 13.2 Å². The smallest absolute Gasteiger partial charge is 0.161 e. The van der Waals surface area contributed by atoms with Crippen LogP contribution in [0.5, 0.6) is 28.7 Å². The number of phenols is 1. The summed E-state index contributed by atoms with van der Waals surface area (Å²) in [6, 6.07) is 48.9. The van der Waals surface area contributed by atoms with Crippen molar-refractivity contribution in [1.82, 2.24) is 0 Å². The van der Waals surface area contributed by atoms with Crippen molar-refractivity contribution in [1.29, 1.82) is 0 Å². The number of ether oxygens (including phenoxy) is 6. The number of benzene rings is 6. The van der Waals surface area contributed by atoms with Crippen LogP contribution in [0.4, 0.5) is 0 Å². The van der Waals surface area contributed by atoms with E-state index < -0.39 is 18.3 Å². The third kappa shape index (κ3) is 8.35. The number of phenolic OH excluding ortho intramolecular Hbond substituents is 1. The van der Waals surface area contributed by atoms with Crippen LogP contribution in [0.15, 0.2) is 152 Å². The number of aromatic hydroxyl groups is 1. The number of hydrogen-bond donors (Lipinski definition) is 1. The molecule has 51 heavy (non-hydrogen) atoms. The zero-order valence-electron chi connectivity index (χ0n) is 28.4. The molecule has 7 rings (SSSR count). The molecule has 0 amide bonds. The van der Waals surface area contributed by atoms with Crippen molar-refractivity contribution in [3.63, 3.8) is 0 Å². The Morgan fingerprint density at radius 2 is 1.06 bits per heavy atom. The van der Waals surface area contributed by atoms with Crippen molar-refractivity contribution >= 4 is 0 Å². The summed E-state index contributed by atoms with van der Waals surface area (Å²) in [7, 11) is 1.67. The van der Waals surface area contributed by atoms with Crippen LogP contribution >= 0.6 is 0 Å². The first-order chi connectivity index (χ1) is 25.1. The van der Waals surface area contributed by atoms with E-state index in [4.69, 9.17) is 28.4 Å². The fourth-order valence-electron chi connectivity index (χ4n) is 6.17. The van der Waals surface area contributed by atoms with E-state index in [2.05, 4.69) is 0 Å². The Bertz CT molecular complexity index is 1990. The van der Waals surface area contributed by atoms with Gasteiger partial charge in [-0.15, -0.1) is 0 Å². The lowest BCUT2D eigenvalue weighted by Gasteiger charge is -2.40. The van der Waals surface area contributed by atoms with Gasteiger partial charge in [-0.25, -0.2) is 0 Å². The molecule has 0 saturated carbocycles. The summed E-state index contributed by atoms with van der Waals surface area (Å²) in [5.41, 5.74) is 5.55. The molecule has 1 aliphatic heterocycles. The van der Waals surface area contributed by atoms with Gasteiger partial charge in [-0.3, -0.25) is 0 Å². The first-order valence-corrected chi connectivity index (χ1v) is 17.0. The second-order valence-corrected chi connectivity index (χ2v) is 12.3. The maximum absolute atomic E-state index is 10.8. The van der Waals surface area contributed by atoms with Crippen molar-refractivity contribution < 1.29 is 33.5 Å². The van der Waals surface area contributed by atoms with Gasteiger partial charge in [0.15, 0.2) is 17.6 Å². The number of methoxy groups -OCH3 is 1. The second kappa shape index (κ2) is 16.3. The highest BCUT2D eigenvalue weighted by atomic mass is 16.6. The SMILES string of the molecule is CO[C@H]1c2c(OCc3ccccc3)cc(OCc3ccccc3)cc2OC(c2ccc(O)c(OCc3ccccc3)c2)C1OCc1ccccc1. The zero-order valence-corrected chi connectivity index (χ0v) is 28.4. The summed E-state index contributed by atoms with van der Waals surface area (Å²) in [5, 5.41) is 10.8. The maximum atomic E-state index is 10.8. The molecule has 1 heterocycles. The van der Waals surface area contributed by atoms with E-state index >= 15 is 0 Å². The van der Waals surface area contributed by atoms with E-state index in [0.29, 0.717) is 49.4 Å². The van der Waals surface area contributed by atoms with Gasteiger partial charge in [-0.1, -0.05) is 127 Å². The summed E-state index contributed by atoms with van der Waals surface area (Å²) < 4.78 is 38.8. The summed E-state index contributed by atoms with van der Waals surface area (Å²) in [6.07, 6.45) is -1.83. The lowest BCUT2D eigenvalue weighted by Crippen LogP contribution is -2.38. The second-order valence-electron chi connectivity index (χ2n) is 12.3. The molecule has 1 aliphatic rings. The zero-order chi connectivity index (χ0) is 34.8. The number of rotatable bonds is 14. The van der Waals surface area contributed by atoms with E-state index in [0.717, 1.165) is 33.4 Å². The molecule has 7 heteroatoms. The molecule has 0 radical (unpaired) electrons. The minimum atomic E-state index is -0.641. The van der Waals surface area contributed by atoms with Crippen LogP contribution in [-0.2, 0) is 35.9 Å². The van der Waals surface area contributed by atoms with Crippen LogP contribution in [0, 0.1) is 0 Å². The van der Waals surface area contributed by atoms with Crippen molar-refractivity contribution in [3.05, 3.63) is 185 Å². The Balaban J connectivity index is 1.26. The normalized spacial score (nSPS) is 16.5. The average Bonchev–Trinajstić information content (AvgIpc) is 3.19. The molecule has 0 aromatic heterocycles. The van der Waals surface area contributed by atoms with Crippen molar-refractivity contribution in [3.8, 4) is 28.7 Å². The highest BCUT2D eigenvalue weighted by Gasteiger charge is 2.43. The fraction of sp³-hybridized carbons (Fsp3) is 0.182. The van der Waals surface area contributed by atoms with Crippen LogP contribution < -0.4 is 18.9 Å². The molecule has 3 atom stereocenters. The van der Waals surface area contributed by atoms with Gasteiger partial charge in [0, 0.05) is 19.2 Å². The van der Waals surface area contributed by atoms with Crippen molar-refractivity contribution in [2.24, 2.45) is 0 Å². The Hall–Kier alpha value is -5.76.